The maximum Gasteiger partial charge on any atom is 0.156 e. The molecule has 0 amide bonds. The average Bonchev–Trinajstić information content (AvgIpc) is 2.62. The Morgan fingerprint density at radius 3 is 2.44 bits per heavy atom. The zero-order valence-corrected chi connectivity index (χ0v) is 14.2. The summed E-state index contributed by atoms with van der Waals surface area (Å²) in [6, 6.07) is 4.12. The van der Waals surface area contributed by atoms with Crippen molar-refractivity contribution in [2.75, 3.05) is 18.8 Å². The van der Waals surface area contributed by atoms with Crippen LogP contribution in [-0.4, -0.2) is 32.0 Å². The number of rotatable bonds is 6. The van der Waals surface area contributed by atoms with Gasteiger partial charge in [0.15, 0.2) is 9.84 Å². The van der Waals surface area contributed by atoms with E-state index in [-0.39, 0.29) is 5.75 Å². The minimum atomic E-state index is -3.01. The highest BCUT2D eigenvalue weighted by molar-refractivity contribution is 9.11. The van der Waals surface area contributed by atoms with Crippen LogP contribution in [-0.2, 0) is 16.3 Å². The molecular weight excluding hydrogens is 334 g/mol. The maximum atomic E-state index is 11.8. The number of thiophene rings is 1. The highest BCUT2D eigenvalue weighted by atomic mass is 79.9. The predicted octanol–water partition coefficient (Wildman–Crippen LogP) is 2.86. The van der Waals surface area contributed by atoms with Crippen molar-refractivity contribution in [1.29, 1.82) is 0 Å². The molecule has 0 atom stereocenters. The van der Waals surface area contributed by atoms with Gasteiger partial charge in [0.05, 0.1) is 14.3 Å². The fourth-order valence-corrected chi connectivity index (χ4v) is 3.84. The van der Waals surface area contributed by atoms with E-state index in [1.54, 1.807) is 32.1 Å². The van der Waals surface area contributed by atoms with E-state index in [4.69, 9.17) is 0 Å². The van der Waals surface area contributed by atoms with Gasteiger partial charge >= 0.3 is 0 Å². The first-order chi connectivity index (χ1) is 8.22. The molecule has 0 saturated heterocycles. The van der Waals surface area contributed by atoms with Gasteiger partial charge in [-0.25, -0.2) is 8.42 Å². The molecule has 0 fully saturated rings. The first-order valence-corrected chi connectivity index (χ1v) is 9.16. The zero-order chi connectivity index (χ0) is 13.8. The average molecular weight is 354 g/mol. The normalized spacial score (nSPS) is 12.9. The SMILES string of the molecule is CC(C)(C)S(=O)(=O)CCNCCc1ccc(Br)s1. The van der Waals surface area contributed by atoms with Crippen LogP contribution in [0.1, 0.15) is 25.6 Å². The van der Waals surface area contributed by atoms with Crippen LogP contribution in [0.5, 0.6) is 0 Å². The summed E-state index contributed by atoms with van der Waals surface area (Å²) in [5.41, 5.74) is 0. The van der Waals surface area contributed by atoms with E-state index in [1.807, 2.05) is 6.07 Å². The van der Waals surface area contributed by atoms with Crippen molar-refractivity contribution in [1.82, 2.24) is 5.32 Å². The van der Waals surface area contributed by atoms with Crippen LogP contribution in [0, 0.1) is 0 Å². The molecule has 0 bridgehead atoms. The number of hydrogen-bond donors (Lipinski definition) is 1. The van der Waals surface area contributed by atoms with Crippen LogP contribution in [0.4, 0.5) is 0 Å². The largest absolute Gasteiger partial charge is 0.315 e. The van der Waals surface area contributed by atoms with Crippen molar-refractivity contribution in [2.24, 2.45) is 0 Å². The highest BCUT2D eigenvalue weighted by Gasteiger charge is 2.27. The standard InChI is InChI=1S/C12H20BrNO2S2/c1-12(2,3)18(15,16)9-8-14-7-6-10-4-5-11(13)17-10/h4-5,14H,6-9H2,1-3H3. The molecular formula is C12H20BrNO2S2. The molecule has 0 aliphatic carbocycles. The van der Waals surface area contributed by atoms with Gasteiger partial charge in [0.2, 0.25) is 0 Å². The summed E-state index contributed by atoms with van der Waals surface area (Å²) < 4.78 is 24.2. The molecule has 1 aromatic rings. The van der Waals surface area contributed by atoms with Crippen LogP contribution < -0.4 is 5.32 Å². The third-order valence-corrected chi connectivity index (χ3v) is 6.95. The number of halogens is 1. The molecule has 18 heavy (non-hydrogen) atoms. The topological polar surface area (TPSA) is 46.2 Å². The summed E-state index contributed by atoms with van der Waals surface area (Å²) in [7, 11) is -3.01. The van der Waals surface area contributed by atoms with Crippen molar-refractivity contribution in [3.05, 3.63) is 20.8 Å². The van der Waals surface area contributed by atoms with Crippen molar-refractivity contribution in [2.45, 2.75) is 31.9 Å². The van der Waals surface area contributed by atoms with Crippen molar-refractivity contribution in [3.63, 3.8) is 0 Å². The van der Waals surface area contributed by atoms with Crippen molar-refractivity contribution >= 4 is 37.1 Å². The molecule has 0 aromatic carbocycles. The summed E-state index contributed by atoms with van der Waals surface area (Å²) in [5, 5.41) is 3.18. The third kappa shape index (κ3) is 4.99. The maximum absolute atomic E-state index is 11.8. The summed E-state index contributed by atoms with van der Waals surface area (Å²) in [4.78, 5) is 1.30. The van der Waals surface area contributed by atoms with E-state index in [2.05, 4.69) is 27.3 Å². The number of sulfone groups is 1. The van der Waals surface area contributed by atoms with Crippen LogP contribution in [0.3, 0.4) is 0 Å². The van der Waals surface area contributed by atoms with E-state index in [0.29, 0.717) is 6.54 Å². The Bertz CT molecular complexity index is 475. The lowest BCUT2D eigenvalue weighted by atomic mass is 10.3. The summed E-state index contributed by atoms with van der Waals surface area (Å²) >= 11 is 5.14. The quantitative estimate of drug-likeness (QED) is 0.799. The predicted molar refractivity (Wildman–Crippen MR) is 82.1 cm³/mol. The monoisotopic (exact) mass is 353 g/mol. The molecule has 0 aliphatic rings. The van der Waals surface area contributed by atoms with E-state index in [1.165, 1.54) is 4.88 Å². The molecule has 0 radical (unpaired) electrons. The smallest absolute Gasteiger partial charge is 0.156 e. The lowest BCUT2D eigenvalue weighted by Crippen LogP contribution is -2.35. The second kappa shape index (κ2) is 6.50. The number of nitrogens with one attached hydrogen (secondary N) is 1. The molecule has 0 unspecified atom stereocenters. The summed E-state index contributed by atoms with van der Waals surface area (Å²) in [6.45, 7) is 6.56. The van der Waals surface area contributed by atoms with Gasteiger partial charge in [0.1, 0.15) is 0 Å². The second-order valence-corrected chi connectivity index (χ2v) is 10.5. The first-order valence-electron chi connectivity index (χ1n) is 5.89. The van der Waals surface area contributed by atoms with Gasteiger partial charge in [-0.05, 0) is 61.8 Å². The minimum Gasteiger partial charge on any atom is -0.315 e. The molecule has 1 rings (SSSR count). The lowest BCUT2D eigenvalue weighted by Gasteiger charge is -2.19. The van der Waals surface area contributed by atoms with E-state index >= 15 is 0 Å². The third-order valence-electron chi connectivity index (χ3n) is 2.66. The van der Waals surface area contributed by atoms with Crippen LogP contribution in [0.2, 0.25) is 0 Å². The van der Waals surface area contributed by atoms with E-state index in [0.717, 1.165) is 16.8 Å². The Hall–Kier alpha value is 0.0900. The van der Waals surface area contributed by atoms with Gasteiger partial charge in [0.25, 0.3) is 0 Å². The molecule has 0 saturated carbocycles. The van der Waals surface area contributed by atoms with Gasteiger partial charge in [-0.2, -0.15) is 0 Å². The number of hydrogen-bond acceptors (Lipinski definition) is 4. The fraction of sp³-hybridized carbons (Fsp3) is 0.667. The summed E-state index contributed by atoms with van der Waals surface area (Å²) in [6.07, 6.45) is 0.936. The Morgan fingerprint density at radius 2 is 1.94 bits per heavy atom. The Balaban J connectivity index is 2.24. The molecule has 6 heteroatoms. The van der Waals surface area contributed by atoms with Crippen molar-refractivity contribution < 1.29 is 8.42 Å². The lowest BCUT2D eigenvalue weighted by molar-refractivity contribution is 0.556. The molecule has 3 nitrogen and oxygen atoms in total. The Labute approximate surface area is 122 Å². The van der Waals surface area contributed by atoms with Gasteiger partial charge in [-0.15, -0.1) is 11.3 Å². The van der Waals surface area contributed by atoms with Crippen LogP contribution in [0.15, 0.2) is 15.9 Å². The molecule has 0 aliphatic heterocycles. The Morgan fingerprint density at radius 1 is 1.28 bits per heavy atom. The zero-order valence-electron chi connectivity index (χ0n) is 11.0. The van der Waals surface area contributed by atoms with Crippen LogP contribution in [0.25, 0.3) is 0 Å². The minimum absolute atomic E-state index is 0.199. The summed E-state index contributed by atoms with van der Waals surface area (Å²) in [5.74, 6) is 0.199. The molecule has 1 aromatic heterocycles. The van der Waals surface area contributed by atoms with Gasteiger partial charge < -0.3 is 5.32 Å². The van der Waals surface area contributed by atoms with Gasteiger partial charge in [-0.1, -0.05) is 0 Å². The van der Waals surface area contributed by atoms with Gasteiger partial charge in [0, 0.05) is 11.4 Å². The molecule has 1 heterocycles. The highest BCUT2D eigenvalue weighted by Crippen LogP contribution is 2.22. The van der Waals surface area contributed by atoms with E-state index < -0.39 is 14.6 Å². The molecule has 1 N–H and O–H groups in total. The molecule has 0 spiro atoms. The van der Waals surface area contributed by atoms with Crippen LogP contribution >= 0.6 is 27.3 Å². The second-order valence-electron chi connectivity index (χ2n) is 5.14. The van der Waals surface area contributed by atoms with Gasteiger partial charge in [-0.3, -0.25) is 0 Å². The van der Waals surface area contributed by atoms with E-state index in [9.17, 15) is 8.42 Å². The molecule has 104 valence electrons. The van der Waals surface area contributed by atoms with Crippen molar-refractivity contribution in [3.8, 4) is 0 Å². The first kappa shape index (κ1) is 16.1. The Kier molecular flexibility index (Phi) is 5.83. The fourth-order valence-electron chi connectivity index (χ4n) is 1.34.